The van der Waals surface area contributed by atoms with Crippen molar-refractivity contribution in [3.63, 3.8) is 0 Å². The molecule has 144 valence electrons. The van der Waals surface area contributed by atoms with E-state index in [1.807, 2.05) is 0 Å². The Morgan fingerprint density at radius 1 is 1.28 bits per heavy atom. The number of hydrogen-bond donors (Lipinski definition) is 4. The Balaban J connectivity index is 2.75. The molecule has 0 aliphatic carbocycles. The Kier molecular flexibility index (Phi) is 8.20. The Morgan fingerprint density at radius 3 is 2.44 bits per heavy atom. The minimum absolute atomic E-state index is 0.417. The summed E-state index contributed by atoms with van der Waals surface area (Å²) < 4.78 is 15.7. The highest BCUT2D eigenvalue weighted by Gasteiger charge is 2.45. The molecule has 1 fully saturated rings. The maximum absolute atomic E-state index is 11.4. The maximum Gasteiger partial charge on any atom is 0.333 e. The molecule has 4 N–H and O–H groups in total. The Labute approximate surface area is 147 Å². The van der Waals surface area contributed by atoms with Gasteiger partial charge in [0, 0.05) is 5.57 Å². The Bertz CT molecular complexity index is 489. The molecule has 1 aliphatic rings. The van der Waals surface area contributed by atoms with Crippen LogP contribution in [0.25, 0.3) is 0 Å². The van der Waals surface area contributed by atoms with Crippen molar-refractivity contribution in [1.29, 1.82) is 0 Å². The maximum atomic E-state index is 11.4. The first-order valence-corrected chi connectivity index (χ1v) is 8.06. The first-order valence-electron chi connectivity index (χ1n) is 8.06. The number of hydrogen-bond acceptors (Lipinski definition) is 8. The molecule has 25 heavy (non-hydrogen) atoms. The second-order valence-electron chi connectivity index (χ2n) is 6.25. The fourth-order valence-corrected chi connectivity index (χ4v) is 2.46. The monoisotopic (exact) mass is 360 g/mol. The van der Waals surface area contributed by atoms with Gasteiger partial charge < -0.3 is 34.6 Å². The van der Waals surface area contributed by atoms with Gasteiger partial charge in [0.25, 0.3) is 0 Å². The van der Waals surface area contributed by atoms with Crippen molar-refractivity contribution in [3.05, 3.63) is 24.3 Å². The lowest BCUT2D eigenvalue weighted by atomic mass is 9.96. The van der Waals surface area contributed by atoms with Gasteiger partial charge in [0.2, 0.25) is 0 Å². The fraction of sp³-hybridized carbons (Fsp3) is 0.706. The van der Waals surface area contributed by atoms with Crippen LogP contribution in [0.15, 0.2) is 24.3 Å². The number of methoxy groups -OCH3 is 1. The summed E-state index contributed by atoms with van der Waals surface area (Å²) in [7, 11) is 1.30. The average molecular weight is 360 g/mol. The number of aliphatic hydroxyl groups excluding tert-OH is 4. The molecule has 0 spiro atoms. The van der Waals surface area contributed by atoms with E-state index in [9.17, 15) is 25.2 Å². The standard InChI is InChI=1S/C17H28O8/c1-5-17(3,8-6-7-10(2)15(22)23-4)25-16-14(21)13(20)12(19)11(9-18)24-16/h5,7,11-14,16,18-21H,1,6,8-9H2,2-4H3. The zero-order chi connectivity index (χ0) is 19.2. The molecular formula is C17H28O8. The molecule has 1 rings (SSSR count). The third kappa shape index (κ3) is 5.60. The van der Waals surface area contributed by atoms with E-state index in [0.717, 1.165) is 0 Å². The van der Waals surface area contributed by atoms with Crippen LogP contribution < -0.4 is 0 Å². The number of carbonyl (C=O) groups excluding carboxylic acids is 1. The van der Waals surface area contributed by atoms with Gasteiger partial charge in [0.1, 0.15) is 24.4 Å². The molecule has 1 aliphatic heterocycles. The van der Waals surface area contributed by atoms with Crippen LogP contribution in [0, 0.1) is 0 Å². The zero-order valence-electron chi connectivity index (χ0n) is 14.8. The number of ether oxygens (including phenoxy) is 3. The van der Waals surface area contributed by atoms with Crippen LogP contribution >= 0.6 is 0 Å². The molecule has 0 aromatic carbocycles. The Hall–Kier alpha value is -1.29. The van der Waals surface area contributed by atoms with Gasteiger partial charge in [-0.05, 0) is 26.7 Å². The van der Waals surface area contributed by atoms with E-state index in [0.29, 0.717) is 18.4 Å². The van der Waals surface area contributed by atoms with Crippen LogP contribution in [0.4, 0.5) is 0 Å². The van der Waals surface area contributed by atoms with Gasteiger partial charge in [-0.3, -0.25) is 0 Å². The zero-order valence-corrected chi connectivity index (χ0v) is 14.8. The third-order valence-electron chi connectivity index (χ3n) is 4.26. The van der Waals surface area contributed by atoms with Gasteiger partial charge in [-0.25, -0.2) is 4.79 Å². The van der Waals surface area contributed by atoms with Crippen molar-refractivity contribution in [2.45, 2.75) is 63.0 Å². The first kappa shape index (κ1) is 21.8. The topological polar surface area (TPSA) is 126 Å². The van der Waals surface area contributed by atoms with Crippen LogP contribution in [0.2, 0.25) is 0 Å². The van der Waals surface area contributed by atoms with Crippen LogP contribution in [0.3, 0.4) is 0 Å². The summed E-state index contributed by atoms with van der Waals surface area (Å²) in [5.41, 5.74) is -0.470. The summed E-state index contributed by atoms with van der Waals surface area (Å²) >= 11 is 0. The van der Waals surface area contributed by atoms with Gasteiger partial charge in [-0.15, -0.1) is 6.58 Å². The van der Waals surface area contributed by atoms with Gasteiger partial charge >= 0.3 is 5.97 Å². The predicted octanol–water partition coefficient (Wildman–Crippen LogP) is -0.353. The van der Waals surface area contributed by atoms with E-state index in [1.165, 1.54) is 13.2 Å². The van der Waals surface area contributed by atoms with Gasteiger partial charge in [0.15, 0.2) is 6.29 Å². The van der Waals surface area contributed by atoms with Gasteiger partial charge in [0.05, 0.1) is 19.3 Å². The lowest BCUT2D eigenvalue weighted by Crippen LogP contribution is -2.60. The number of esters is 1. The number of allylic oxidation sites excluding steroid dienone is 1. The number of aliphatic hydroxyl groups is 4. The molecule has 0 radical (unpaired) electrons. The molecule has 1 saturated heterocycles. The highest BCUT2D eigenvalue weighted by atomic mass is 16.7. The van der Waals surface area contributed by atoms with Crippen LogP contribution in [0.5, 0.6) is 0 Å². The minimum atomic E-state index is -1.51. The summed E-state index contributed by atoms with van der Waals surface area (Å²) in [6, 6.07) is 0. The second kappa shape index (κ2) is 9.42. The minimum Gasteiger partial charge on any atom is -0.466 e. The third-order valence-corrected chi connectivity index (χ3v) is 4.26. The average Bonchev–Trinajstić information content (AvgIpc) is 2.61. The van der Waals surface area contributed by atoms with Crippen LogP contribution in [-0.4, -0.2) is 76.4 Å². The Morgan fingerprint density at radius 2 is 1.92 bits per heavy atom. The van der Waals surface area contributed by atoms with E-state index in [1.54, 1.807) is 19.9 Å². The van der Waals surface area contributed by atoms with Gasteiger partial charge in [-0.1, -0.05) is 12.2 Å². The normalized spacial score (nSPS) is 32.8. The van der Waals surface area contributed by atoms with Crippen molar-refractivity contribution >= 4 is 5.97 Å². The predicted molar refractivity (Wildman–Crippen MR) is 88.5 cm³/mol. The van der Waals surface area contributed by atoms with Crippen molar-refractivity contribution in [2.75, 3.05) is 13.7 Å². The summed E-state index contributed by atoms with van der Waals surface area (Å²) in [5, 5.41) is 38.9. The second-order valence-corrected chi connectivity index (χ2v) is 6.25. The largest absolute Gasteiger partial charge is 0.466 e. The summed E-state index contributed by atoms with van der Waals surface area (Å²) in [6.45, 7) is 6.52. The van der Waals surface area contributed by atoms with E-state index in [-0.39, 0.29) is 0 Å². The summed E-state index contributed by atoms with van der Waals surface area (Å²) in [6.07, 6.45) is -2.61. The van der Waals surface area contributed by atoms with Crippen LogP contribution in [0.1, 0.15) is 26.7 Å². The van der Waals surface area contributed by atoms with E-state index in [4.69, 9.17) is 9.47 Å². The summed E-state index contributed by atoms with van der Waals surface area (Å²) in [4.78, 5) is 11.4. The molecule has 1 heterocycles. The van der Waals surface area contributed by atoms with Crippen molar-refractivity contribution in [1.82, 2.24) is 0 Å². The van der Waals surface area contributed by atoms with Gasteiger partial charge in [-0.2, -0.15) is 0 Å². The molecular weight excluding hydrogens is 332 g/mol. The number of rotatable bonds is 8. The highest BCUT2D eigenvalue weighted by molar-refractivity contribution is 5.87. The first-order chi connectivity index (χ1) is 11.7. The van der Waals surface area contributed by atoms with E-state index < -0.39 is 48.9 Å². The van der Waals surface area contributed by atoms with Crippen LogP contribution in [-0.2, 0) is 19.0 Å². The van der Waals surface area contributed by atoms with Crippen molar-refractivity contribution < 1.29 is 39.4 Å². The molecule has 0 aromatic rings. The quantitative estimate of drug-likeness (QED) is 0.263. The van der Waals surface area contributed by atoms with E-state index in [2.05, 4.69) is 11.3 Å². The van der Waals surface area contributed by atoms with E-state index >= 15 is 0 Å². The number of carbonyl (C=O) groups is 1. The van der Waals surface area contributed by atoms with Crippen molar-refractivity contribution in [2.24, 2.45) is 0 Å². The SMILES string of the molecule is C=CC(C)(CCC=C(C)C(=O)OC)OC1OC(CO)C(O)C(O)C1O. The molecule has 0 aromatic heterocycles. The molecule has 6 atom stereocenters. The smallest absolute Gasteiger partial charge is 0.333 e. The molecule has 0 amide bonds. The molecule has 0 bridgehead atoms. The molecule has 0 saturated carbocycles. The fourth-order valence-electron chi connectivity index (χ4n) is 2.46. The lowest BCUT2D eigenvalue weighted by Gasteiger charge is -2.42. The summed E-state index contributed by atoms with van der Waals surface area (Å²) in [5.74, 6) is -0.421. The lowest BCUT2D eigenvalue weighted by molar-refractivity contribution is -0.319. The molecule has 6 unspecified atom stereocenters. The highest BCUT2D eigenvalue weighted by Crippen LogP contribution is 2.29. The van der Waals surface area contributed by atoms with Crippen molar-refractivity contribution in [3.8, 4) is 0 Å². The molecule has 8 heteroatoms. The molecule has 8 nitrogen and oxygen atoms in total.